The number of carbonyl (C=O) groups excluding carboxylic acids is 1. The molecule has 20 heavy (non-hydrogen) atoms. The first kappa shape index (κ1) is 14.7. The number of thioether (sulfide) groups is 1. The van der Waals surface area contributed by atoms with Crippen molar-refractivity contribution in [2.24, 2.45) is 0 Å². The van der Waals surface area contributed by atoms with Crippen LogP contribution in [0.1, 0.15) is 18.9 Å². The molecule has 0 saturated heterocycles. The largest absolute Gasteiger partial charge is 0.469 e. The molecule has 0 fully saturated rings. The molecule has 4 nitrogen and oxygen atoms in total. The number of ether oxygens (including phenoxy) is 1. The quantitative estimate of drug-likeness (QED) is 0.767. The Hall–Kier alpha value is -1.75. The fraction of sp³-hybridized carbons (Fsp3) is 0.333. The molecular weight excluding hydrogens is 272 g/mol. The summed E-state index contributed by atoms with van der Waals surface area (Å²) in [5.74, 6) is 0.711. The van der Waals surface area contributed by atoms with E-state index >= 15 is 0 Å². The van der Waals surface area contributed by atoms with E-state index in [1.807, 2.05) is 36.0 Å². The molecule has 0 unspecified atom stereocenters. The molecule has 106 valence electrons. The summed E-state index contributed by atoms with van der Waals surface area (Å²) in [6.45, 7) is 2.04. The van der Waals surface area contributed by atoms with Crippen molar-refractivity contribution in [2.45, 2.75) is 24.3 Å². The lowest BCUT2D eigenvalue weighted by Crippen LogP contribution is -2.08. The molecule has 0 N–H and O–H groups in total. The number of carbonyl (C=O) groups is 1. The highest BCUT2D eigenvalue weighted by molar-refractivity contribution is 7.99. The lowest BCUT2D eigenvalue weighted by atomic mass is 10.2. The third-order valence-corrected chi connectivity index (χ3v) is 4.13. The third-order valence-electron chi connectivity index (χ3n) is 2.90. The minimum atomic E-state index is -0.157. The summed E-state index contributed by atoms with van der Waals surface area (Å²) in [4.78, 5) is 11.2. The van der Waals surface area contributed by atoms with Crippen LogP contribution in [0.15, 0.2) is 42.7 Å². The smallest absolute Gasteiger partial charge is 0.306 e. The van der Waals surface area contributed by atoms with E-state index in [4.69, 9.17) is 0 Å². The summed E-state index contributed by atoms with van der Waals surface area (Å²) in [6, 6.07) is 10.2. The van der Waals surface area contributed by atoms with Crippen molar-refractivity contribution in [1.29, 1.82) is 0 Å². The van der Waals surface area contributed by atoms with Gasteiger partial charge in [-0.15, -0.1) is 0 Å². The molecule has 0 saturated carbocycles. The van der Waals surface area contributed by atoms with Crippen LogP contribution in [0.2, 0.25) is 0 Å². The van der Waals surface area contributed by atoms with Crippen molar-refractivity contribution in [3.8, 4) is 5.69 Å². The van der Waals surface area contributed by atoms with Crippen LogP contribution in [0.25, 0.3) is 5.69 Å². The van der Waals surface area contributed by atoms with Gasteiger partial charge in [-0.1, -0.05) is 19.1 Å². The molecule has 1 aromatic carbocycles. The van der Waals surface area contributed by atoms with E-state index in [-0.39, 0.29) is 11.2 Å². The molecule has 1 atom stereocenters. The average Bonchev–Trinajstić information content (AvgIpc) is 2.99. The number of nitrogens with zero attached hydrogens (tertiary/aromatic N) is 2. The van der Waals surface area contributed by atoms with Crippen LogP contribution in [0, 0.1) is 0 Å². The normalized spacial score (nSPS) is 12.1. The van der Waals surface area contributed by atoms with Crippen LogP contribution in [0.3, 0.4) is 0 Å². The first-order chi connectivity index (χ1) is 9.69. The van der Waals surface area contributed by atoms with Gasteiger partial charge in [0.2, 0.25) is 0 Å². The van der Waals surface area contributed by atoms with Crippen LogP contribution in [0.4, 0.5) is 0 Å². The van der Waals surface area contributed by atoms with E-state index in [0.29, 0.717) is 6.42 Å². The fourth-order valence-electron chi connectivity index (χ4n) is 1.83. The second-order valence-electron chi connectivity index (χ2n) is 4.52. The van der Waals surface area contributed by atoms with Crippen LogP contribution in [0.5, 0.6) is 0 Å². The summed E-state index contributed by atoms with van der Waals surface area (Å²) in [5.41, 5.74) is 2.27. The van der Waals surface area contributed by atoms with Gasteiger partial charge in [-0.05, 0) is 23.8 Å². The van der Waals surface area contributed by atoms with Crippen LogP contribution >= 0.6 is 11.8 Å². The number of esters is 1. The average molecular weight is 290 g/mol. The Balaban J connectivity index is 1.93. The number of aromatic nitrogens is 2. The Morgan fingerprint density at radius 2 is 2.30 bits per heavy atom. The van der Waals surface area contributed by atoms with Crippen molar-refractivity contribution >= 4 is 17.7 Å². The molecule has 2 aromatic rings. The zero-order chi connectivity index (χ0) is 14.4. The van der Waals surface area contributed by atoms with Gasteiger partial charge < -0.3 is 4.74 Å². The molecule has 2 rings (SSSR count). The van der Waals surface area contributed by atoms with Crippen LogP contribution in [-0.4, -0.2) is 28.1 Å². The molecule has 1 aromatic heterocycles. The Bertz CT molecular complexity index is 555. The number of benzene rings is 1. The van der Waals surface area contributed by atoms with Crippen LogP contribution in [-0.2, 0) is 15.3 Å². The second kappa shape index (κ2) is 7.14. The van der Waals surface area contributed by atoms with Gasteiger partial charge in [-0.2, -0.15) is 16.9 Å². The maximum atomic E-state index is 11.2. The monoisotopic (exact) mass is 290 g/mol. The molecular formula is C15H18N2O2S. The molecule has 1 heterocycles. The van der Waals surface area contributed by atoms with Gasteiger partial charge in [0.25, 0.3) is 0 Å². The minimum absolute atomic E-state index is 0.157. The van der Waals surface area contributed by atoms with Crippen LogP contribution < -0.4 is 0 Å². The second-order valence-corrected chi connectivity index (χ2v) is 5.95. The van der Waals surface area contributed by atoms with Gasteiger partial charge in [0, 0.05) is 23.4 Å². The zero-order valence-electron chi connectivity index (χ0n) is 11.7. The molecule has 0 aliphatic rings. The Morgan fingerprint density at radius 1 is 1.45 bits per heavy atom. The molecule has 0 aliphatic heterocycles. The van der Waals surface area contributed by atoms with Crippen molar-refractivity contribution in [3.63, 3.8) is 0 Å². The molecule has 0 amide bonds. The van der Waals surface area contributed by atoms with E-state index in [0.717, 1.165) is 11.4 Å². The summed E-state index contributed by atoms with van der Waals surface area (Å²) in [7, 11) is 1.42. The van der Waals surface area contributed by atoms with E-state index in [9.17, 15) is 4.79 Å². The topological polar surface area (TPSA) is 44.1 Å². The van der Waals surface area contributed by atoms with E-state index in [2.05, 4.69) is 22.0 Å². The highest BCUT2D eigenvalue weighted by atomic mass is 32.2. The lowest BCUT2D eigenvalue weighted by molar-refractivity contribution is -0.140. The maximum Gasteiger partial charge on any atom is 0.306 e. The van der Waals surface area contributed by atoms with E-state index in [1.165, 1.54) is 12.7 Å². The summed E-state index contributed by atoms with van der Waals surface area (Å²) in [5, 5.41) is 4.47. The molecule has 0 radical (unpaired) electrons. The van der Waals surface area contributed by atoms with Crippen molar-refractivity contribution in [1.82, 2.24) is 9.78 Å². The molecule has 5 heteroatoms. The predicted octanol–water partition coefficient (Wildman–Crippen LogP) is 3.06. The SMILES string of the molecule is COC(=O)C[C@@H](C)SCc1cccc(-n2cccn2)c1. The molecule has 0 spiro atoms. The van der Waals surface area contributed by atoms with Crippen molar-refractivity contribution in [3.05, 3.63) is 48.3 Å². The van der Waals surface area contributed by atoms with Gasteiger partial charge in [-0.25, -0.2) is 4.68 Å². The maximum absolute atomic E-state index is 11.2. The number of methoxy groups -OCH3 is 1. The van der Waals surface area contributed by atoms with Crippen molar-refractivity contribution in [2.75, 3.05) is 7.11 Å². The standard InChI is InChI=1S/C15H18N2O2S/c1-12(9-15(18)19-2)20-11-13-5-3-6-14(10-13)17-8-4-7-16-17/h3-8,10,12H,9,11H2,1-2H3/t12-/m1/s1. The Morgan fingerprint density at radius 3 is 3.00 bits per heavy atom. The summed E-state index contributed by atoms with van der Waals surface area (Å²) >= 11 is 1.75. The number of hydrogen-bond donors (Lipinski definition) is 0. The summed E-state index contributed by atoms with van der Waals surface area (Å²) in [6.07, 6.45) is 4.13. The first-order valence-electron chi connectivity index (χ1n) is 6.46. The molecule has 0 aliphatic carbocycles. The van der Waals surface area contributed by atoms with Gasteiger partial charge in [0.15, 0.2) is 0 Å². The van der Waals surface area contributed by atoms with Gasteiger partial charge in [-0.3, -0.25) is 4.79 Å². The van der Waals surface area contributed by atoms with E-state index < -0.39 is 0 Å². The Kier molecular flexibility index (Phi) is 5.24. The Labute approximate surface area is 123 Å². The number of rotatable bonds is 6. The highest BCUT2D eigenvalue weighted by Gasteiger charge is 2.10. The van der Waals surface area contributed by atoms with Crippen molar-refractivity contribution < 1.29 is 9.53 Å². The molecule has 0 bridgehead atoms. The van der Waals surface area contributed by atoms with Gasteiger partial charge in [0.1, 0.15) is 0 Å². The fourth-order valence-corrected chi connectivity index (χ4v) is 2.74. The van der Waals surface area contributed by atoms with Gasteiger partial charge in [0.05, 0.1) is 19.2 Å². The minimum Gasteiger partial charge on any atom is -0.469 e. The highest BCUT2D eigenvalue weighted by Crippen LogP contribution is 2.21. The zero-order valence-corrected chi connectivity index (χ0v) is 12.5. The first-order valence-corrected chi connectivity index (χ1v) is 7.51. The van der Waals surface area contributed by atoms with Gasteiger partial charge >= 0.3 is 5.97 Å². The lowest BCUT2D eigenvalue weighted by Gasteiger charge is -2.10. The van der Waals surface area contributed by atoms with E-state index in [1.54, 1.807) is 18.0 Å². The summed E-state index contributed by atoms with van der Waals surface area (Å²) < 4.78 is 6.52. The third kappa shape index (κ3) is 4.13. The number of hydrogen-bond acceptors (Lipinski definition) is 4. The predicted molar refractivity (Wildman–Crippen MR) is 81.0 cm³/mol.